The first kappa shape index (κ1) is 7.76. The Balaban J connectivity index is 2.34. The van der Waals surface area contributed by atoms with Crippen molar-refractivity contribution in [2.45, 2.75) is 5.92 Å². The lowest BCUT2D eigenvalue weighted by Gasteiger charge is -2.26. The Labute approximate surface area is 75.2 Å². The first-order valence-electron chi connectivity index (χ1n) is 3.76. The zero-order valence-electron chi connectivity index (χ0n) is 6.42. The number of aromatic nitrogens is 2. The van der Waals surface area contributed by atoms with Crippen molar-refractivity contribution in [3.8, 4) is 0 Å². The van der Waals surface area contributed by atoms with E-state index < -0.39 is 0 Å². The zero-order chi connectivity index (χ0) is 8.55. The highest BCUT2D eigenvalue weighted by Crippen LogP contribution is 2.22. The van der Waals surface area contributed by atoms with Gasteiger partial charge in [0.05, 0.1) is 11.9 Å². The number of anilines is 1. The Morgan fingerprint density at radius 3 is 2.92 bits per heavy atom. The third kappa shape index (κ3) is 1.23. The smallest absolute Gasteiger partial charge is 0.147 e. The van der Waals surface area contributed by atoms with Crippen molar-refractivity contribution in [3.05, 3.63) is 17.0 Å². The number of hydrogen-bond acceptors (Lipinski definition) is 4. The highest BCUT2D eigenvalue weighted by molar-refractivity contribution is 6.29. The first-order valence-corrected chi connectivity index (χ1v) is 4.14. The van der Waals surface area contributed by atoms with Crippen LogP contribution in [-0.2, 0) is 0 Å². The monoisotopic (exact) mass is 184 g/mol. The van der Waals surface area contributed by atoms with Gasteiger partial charge in [-0.25, -0.2) is 9.97 Å². The molecule has 2 heterocycles. The lowest BCUT2D eigenvalue weighted by Crippen LogP contribution is -2.40. The van der Waals surface area contributed by atoms with Gasteiger partial charge in [-0.2, -0.15) is 0 Å². The van der Waals surface area contributed by atoms with Crippen LogP contribution in [0.15, 0.2) is 6.20 Å². The summed E-state index contributed by atoms with van der Waals surface area (Å²) in [5.74, 6) is 0.877. The molecule has 0 atom stereocenters. The summed E-state index contributed by atoms with van der Waals surface area (Å²) in [4.78, 5) is 8.07. The number of nitrogens with two attached hydrogens (primary N) is 1. The minimum Gasteiger partial charge on any atom is -0.382 e. The van der Waals surface area contributed by atoms with Crippen molar-refractivity contribution in [3.63, 3.8) is 0 Å². The van der Waals surface area contributed by atoms with Gasteiger partial charge in [-0.3, -0.25) is 0 Å². The minimum absolute atomic E-state index is 0.385. The van der Waals surface area contributed by atoms with Gasteiger partial charge in [0.1, 0.15) is 11.0 Å². The molecule has 1 aromatic rings. The molecule has 2 rings (SSSR count). The van der Waals surface area contributed by atoms with E-state index in [4.69, 9.17) is 17.3 Å². The predicted molar refractivity (Wildman–Crippen MR) is 47.1 cm³/mol. The van der Waals surface area contributed by atoms with Gasteiger partial charge >= 0.3 is 0 Å². The molecule has 5 heteroatoms. The molecule has 4 nitrogen and oxygen atoms in total. The van der Waals surface area contributed by atoms with Gasteiger partial charge < -0.3 is 11.1 Å². The number of nitrogens with one attached hydrogen (secondary N) is 1. The molecule has 1 saturated heterocycles. The molecule has 1 aromatic heterocycles. The topological polar surface area (TPSA) is 63.8 Å². The molecule has 1 aliphatic rings. The third-order valence-corrected chi connectivity index (χ3v) is 2.15. The van der Waals surface area contributed by atoms with Crippen LogP contribution >= 0.6 is 11.6 Å². The quantitative estimate of drug-likeness (QED) is 0.663. The van der Waals surface area contributed by atoms with Gasteiger partial charge in [-0.15, -0.1) is 0 Å². The van der Waals surface area contributed by atoms with Crippen molar-refractivity contribution in [2.24, 2.45) is 0 Å². The van der Waals surface area contributed by atoms with Gasteiger partial charge in [-0.05, 0) is 0 Å². The molecule has 0 spiro atoms. The predicted octanol–water partition coefficient (Wildman–Crippen LogP) is 0.399. The molecule has 3 N–H and O–H groups in total. The van der Waals surface area contributed by atoms with Crippen molar-refractivity contribution >= 4 is 17.4 Å². The fourth-order valence-electron chi connectivity index (χ4n) is 1.17. The number of halogens is 1. The summed E-state index contributed by atoms with van der Waals surface area (Å²) in [7, 11) is 0. The van der Waals surface area contributed by atoms with Gasteiger partial charge in [0.15, 0.2) is 0 Å². The van der Waals surface area contributed by atoms with Crippen LogP contribution in [0.5, 0.6) is 0 Å². The highest BCUT2D eigenvalue weighted by Gasteiger charge is 2.23. The maximum absolute atomic E-state index is 5.69. The average Bonchev–Trinajstić information content (AvgIpc) is 1.93. The second-order valence-corrected chi connectivity index (χ2v) is 3.21. The molecule has 0 bridgehead atoms. The zero-order valence-corrected chi connectivity index (χ0v) is 7.17. The van der Waals surface area contributed by atoms with Crippen LogP contribution in [0.25, 0.3) is 0 Å². The maximum atomic E-state index is 5.69. The average molecular weight is 185 g/mol. The molecule has 1 aliphatic heterocycles. The molecule has 0 aliphatic carbocycles. The van der Waals surface area contributed by atoms with E-state index in [-0.39, 0.29) is 0 Å². The lowest BCUT2D eigenvalue weighted by molar-refractivity contribution is 0.440. The summed E-state index contributed by atoms with van der Waals surface area (Å²) in [6, 6.07) is 0. The number of hydrogen-bond donors (Lipinski definition) is 2. The van der Waals surface area contributed by atoms with E-state index in [2.05, 4.69) is 15.3 Å². The summed E-state index contributed by atoms with van der Waals surface area (Å²) in [5, 5.41) is 3.55. The minimum atomic E-state index is 0.385. The summed E-state index contributed by atoms with van der Waals surface area (Å²) in [5.41, 5.74) is 6.46. The molecule has 12 heavy (non-hydrogen) atoms. The van der Waals surface area contributed by atoms with Crippen LogP contribution in [0.4, 0.5) is 5.82 Å². The summed E-state index contributed by atoms with van der Waals surface area (Å²) < 4.78 is 0. The van der Waals surface area contributed by atoms with Gasteiger partial charge in [0.2, 0.25) is 0 Å². The standard InChI is InChI=1S/C7H9ClN4/c8-5-3-11-7(9)6(12-5)4-1-10-2-4/h3-4,10H,1-2H2,(H2,9,11). The van der Waals surface area contributed by atoms with Crippen LogP contribution in [0.3, 0.4) is 0 Å². The van der Waals surface area contributed by atoms with Crippen LogP contribution in [0, 0.1) is 0 Å². The van der Waals surface area contributed by atoms with Crippen LogP contribution in [-0.4, -0.2) is 23.1 Å². The van der Waals surface area contributed by atoms with E-state index >= 15 is 0 Å². The van der Waals surface area contributed by atoms with E-state index in [1.165, 1.54) is 6.20 Å². The molecular formula is C7H9ClN4. The fraction of sp³-hybridized carbons (Fsp3) is 0.429. The second kappa shape index (κ2) is 2.88. The molecule has 0 radical (unpaired) electrons. The van der Waals surface area contributed by atoms with E-state index in [1.54, 1.807) is 0 Å². The SMILES string of the molecule is Nc1ncc(Cl)nc1C1CNC1. The fourth-order valence-corrected chi connectivity index (χ4v) is 1.31. The van der Waals surface area contributed by atoms with Crippen molar-refractivity contribution in [2.75, 3.05) is 18.8 Å². The Bertz CT molecular complexity index is 297. The highest BCUT2D eigenvalue weighted by atomic mass is 35.5. The molecule has 64 valence electrons. The summed E-state index contributed by atoms with van der Waals surface area (Å²) in [6.45, 7) is 1.83. The Morgan fingerprint density at radius 1 is 1.58 bits per heavy atom. The largest absolute Gasteiger partial charge is 0.382 e. The van der Waals surface area contributed by atoms with E-state index in [0.717, 1.165) is 18.8 Å². The Hall–Kier alpha value is -0.870. The third-order valence-electron chi connectivity index (χ3n) is 1.97. The molecular weight excluding hydrogens is 176 g/mol. The number of rotatable bonds is 1. The van der Waals surface area contributed by atoms with Crippen LogP contribution in [0.2, 0.25) is 5.15 Å². The maximum Gasteiger partial charge on any atom is 0.147 e. The summed E-state index contributed by atoms with van der Waals surface area (Å²) >= 11 is 5.69. The van der Waals surface area contributed by atoms with Crippen LogP contribution in [0.1, 0.15) is 11.6 Å². The van der Waals surface area contributed by atoms with Crippen molar-refractivity contribution in [1.82, 2.24) is 15.3 Å². The lowest BCUT2D eigenvalue weighted by atomic mass is 9.99. The second-order valence-electron chi connectivity index (χ2n) is 2.82. The Kier molecular flexibility index (Phi) is 1.86. The number of nitrogen functional groups attached to an aromatic ring is 1. The first-order chi connectivity index (χ1) is 5.77. The molecule has 0 saturated carbocycles. The molecule has 1 fully saturated rings. The van der Waals surface area contributed by atoms with E-state index in [0.29, 0.717) is 16.9 Å². The van der Waals surface area contributed by atoms with Crippen LogP contribution < -0.4 is 11.1 Å². The Morgan fingerprint density at radius 2 is 2.33 bits per heavy atom. The van der Waals surface area contributed by atoms with E-state index in [9.17, 15) is 0 Å². The molecule has 0 amide bonds. The molecule has 0 unspecified atom stereocenters. The summed E-state index contributed by atoms with van der Waals surface area (Å²) in [6.07, 6.45) is 1.46. The van der Waals surface area contributed by atoms with Crippen molar-refractivity contribution in [1.29, 1.82) is 0 Å². The normalized spacial score (nSPS) is 17.4. The molecule has 0 aromatic carbocycles. The van der Waals surface area contributed by atoms with Gasteiger partial charge in [-0.1, -0.05) is 11.6 Å². The van der Waals surface area contributed by atoms with E-state index in [1.807, 2.05) is 0 Å². The van der Waals surface area contributed by atoms with Gasteiger partial charge in [0, 0.05) is 19.0 Å². The number of nitrogens with zero attached hydrogens (tertiary/aromatic N) is 2. The van der Waals surface area contributed by atoms with Gasteiger partial charge in [0.25, 0.3) is 0 Å². The van der Waals surface area contributed by atoms with Crippen molar-refractivity contribution < 1.29 is 0 Å².